The summed E-state index contributed by atoms with van der Waals surface area (Å²) in [5, 5.41) is 65.5. The Hall–Kier alpha value is -0.640. The zero-order valence-electron chi connectivity index (χ0n) is 20.6. The molecule has 1 aliphatic carbocycles. The molecule has 17 N–H and O–H groups in total. The average Bonchev–Trinajstić information content (AvgIpc) is 2.90. The van der Waals surface area contributed by atoms with Crippen molar-refractivity contribution in [1.29, 1.82) is 0 Å². The third-order valence-electron chi connectivity index (χ3n) is 7.31. The number of hydrogen-bond acceptors (Lipinski definition) is 16. The molecule has 2 heterocycles. The first kappa shape index (κ1) is 30.9. The van der Waals surface area contributed by atoms with Gasteiger partial charge in [0.15, 0.2) is 12.6 Å². The number of aliphatic hydroxyl groups is 6. The van der Waals surface area contributed by atoms with E-state index in [2.05, 4.69) is 5.32 Å². The van der Waals surface area contributed by atoms with E-state index in [1.165, 1.54) is 0 Å². The van der Waals surface area contributed by atoms with Gasteiger partial charge in [-0.25, -0.2) is 0 Å². The lowest BCUT2D eigenvalue weighted by Crippen LogP contribution is -2.73. The minimum absolute atomic E-state index is 0.0731. The molecule has 3 fully saturated rings. The highest BCUT2D eigenvalue weighted by molar-refractivity contribution is 5.07. The maximum atomic E-state index is 11.4. The Morgan fingerprint density at radius 2 is 1.51 bits per heavy atom. The molecule has 2 saturated heterocycles. The number of aliphatic hydroxyl groups excluding tert-OH is 6. The third-order valence-corrected chi connectivity index (χ3v) is 7.31. The van der Waals surface area contributed by atoms with Gasteiger partial charge >= 0.3 is 0 Å². The maximum absolute atomic E-state index is 11.4. The van der Waals surface area contributed by atoms with Crippen LogP contribution < -0.4 is 34.0 Å². The molecule has 16 heteroatoms. The molecule has 3 aliphatic rings. The Morgan fingerprint density at radius 3 is 2.14 bits per heavy atom. The molecular formula is C21H44N6O10. The second kappa shape index (κ2) is 13.6. The van der Waals surface area contributed by atoms with E-state index in [1.807, 2.05) is 0 Å². The molecule has 0 radical (unpaired) electrons. The highest BCUT2D eigenvalue weighted by Crippen LogP contribution is 2.31. The van der Waals surface area contributed by atoms with Crippen LogP contribution in [0.5, 0.6) is 0 Å². The normalized spacial score (nSPS) is 48.1. The fourth-order valence-corrected chi connectivity index (χ4v) is 4.90. The molecule has 0 aromatic heterocycles. The Kier molecular flexibility index (Phi) is 11.4. The van der Waals surface area contributed by atoms with E-state index in [0.29, 0.717) is 12.8 Å². The van der Waals surface area contributed by atoms with Gasteiger partial charge in [-0.05, 0) is 12.8 Å². The van der Waals surface area contributed by atoms with E-state index in [9.17, 15) is 30.6 Å². The summed E-state index contributed by atoms with van der Waals surface area (Å²) in [6.07, 6.45) is -12.1. The Morgan fingerprint density at radius 1 is 0.838 bits per heavy atom. The van der Waals surface area contributed by atoms with Crippen molar-refractivity contribution in [3.63, 3.8) is 0 Å². The molecule has 3 rings (SSSR count). The van der Waals surface area contributed by atoms with Gasteiger partial charge in [0.1, 0.15) is 36.6 Å². The fourth-order valence-electron chi connectivity index (χ4n) is 4.90. The van der Waals surface area contributed by atoms with Crippen LogP contribution in [0.15, 0.2) is 0 Å². The lowest BCUT2D eigenvalue weighted by molar-refractivity contribution is -0.319. The molecule has 0 aromatic rings. The van der Waals surface area contributed by atoms with Crippen molar-refractivity contribution < 1.29 is 49.6 Å². The number of nitrogens with two attached hydrogens (primary N) is 5. The van der Waals surface area contributed by atoms with Crippen LogP contribution in [0.3, 0.4) is 0 Å². The van der Waals surface area contributed by atoms with Crippen LogP contribution in [0.4, 0.5) is 0 Å². The van der Waals surface area contributed by atoms with Gasteiger partial charge in [0.2, 0.25) is 0 Å². The molecule has 8 unspecified atom stereocenters. The fraction of sp³-hybridized carbons (Fsp3) is 1.00. The van der Waals surface area contributed by atoms with Crippen molar-refractivity contribution in [2.24, 2.45) is 28.7 Å². The first-order valence-electron chi connectivity index (χ1n) is 12.6. The van der Waals surface area contributed by atoms with Gasteiger partial charge in [-0.2, -0.15) is 0 Å². The van der Waals surface area contributed by atoms with Crippen molar-refractivity contribution >= 4 is 0 Å². The zero-order valence-corrected chi connectivity index (χ0v) is 20.6. The van der Waals surface area contributed by atoms with Crippen LogP contribution in [0.1, 0.15) is 12.8 Å². The maximum Gasteiger partial charge on any atom is 0.186 e. The summed E-state index contributed by atoms with van der Waals surface area (Å²) < 4.78 is 23.2. The molecule has 0 amide bonds. The molecule has 16 nitrogen and oxygen atoms in total. The standard InChI is InChI=1S/C21H44N6O10/c22-3-7(29)5-27-13-15(31)12(26)18(36-20-9(24)2-1-8(4-23)34-20)17(33)19(13)37-21-16(32)11(25)14(30)10(6-28)35-21/h7-21,27-33H,1-6,22-26H2/t7?,8?,9?,10?,11-,12-,13+,14-,15?,16?,17?,18?,19+,20-,21-/m0/s1. The predicted molar refractivity (Wildman–Crippen MR) is 127 cm³/mol. The molecule has 0 aromatic carbocycles. The van der Waals surface area contributed by atoms with E-state index in [1.54, 1.807) is 0 Å². The Labute approximate surface area is 214 Å². The average molecular weight is 541 g/mol. The lowest BCUT2D eigenvalue weighted by atomic mass is 9.81. The van der Waals surface area contributed by atoms with Gasteiger partial charge in [-0.15, -0.1) is 0 Å². The van der Waals surface area contributed by atoms with Crippen molar-refractivity contribution in [3.8, 4) is 0 Å². The van der Waals surface area contributed by atoms with E-state index >= 15 is 0 Å². The third kappa shape index (κ3) is 6.93. The van der Waals surface area contributed by atoms with Crippen LogP contribution in [-0.2, 0) is 18.9 Å². The second-order valence-electron chi connectivity index (χ2n) is 9.97. The predicted octanol–water partition coefficient (Wildman–Crippen LogP) is -7.35. The highest BCUT2D eigenvalue weighted by atomic mass is 16.7. The number of rotatable bonds is 10. The summed E-state index contributed by atoms with van der Waals surface area (Å²) in [6.45, 7) is -0.526. The molecule has 218 valence electrons. The first-order chi connectivity index (χ1) is 17.5. The monoisotopic (exact) mass is 540 g/mol. The summed E-state index contributed by atoms with van der Waals surface area (Å²) >= 11 is 0. The van der Waals surface area contributed by atoms with Crippen LogP contribution >= 0.6 is 0 Å². The lowest BCUT2D eigenvalue weighted by Gasteiger charge is -2.50. The van der Waals surface area contributed by atoms with Gasteiger partial charge in [-0.1, -0.05) is 0 Å². The smallest absolute Gasteiger partial charge is 0.186 e. The van der Waals surface area contributed by atoms with Gasteiger partial charge in [-0.3, -0.25) is 0 Å². The SMILES string of the molecule is NCC(O)CN[C@@H]1C(O)[C@H](N)C(O[C@@H]2OC(CN)CCC2N)C(O)[C@@H]1O[C@@H]1OC(CO)[C@H](O)[C@H](N)C1O. The minimum Gasteiger partial charge on any atom is -0.394 e. The molecule has 2 aliphatic heterocycles. The molecule has 0 spiro atoms. The largest absolute Gasteiger partial charge is 0.394 e. The van der Waals surface area contributed by atoms with Gasteiger partial charge in [0, 0.05) is 19.6 Å². The first-order valence-corrected chi connectivity index (χ1v) is 12.6. The summed E-state index contributed by atoms with van der Waals surface area (Å²) in [5.74, 6) is 0. The van der Waals surface area contributed by atoms with Gasteiger partial charge in [0.25, 0.3) is 0 Å². The topological polar surface area (TPSA) is 300 Å². The van der Waals surface area contributed by atoms with Crippen molar-refractivity contribution in [1.82, 2.24) is 5.32 Å². The van der Waals surface area contributed by atoms with E-state index in [4.69, 9.17) is 47.6 Å². The molecule has 0 bridgehead atoms. The zero-order chi connectivity index (χ0) is 27.4. The van der Waals surface area contributed by atoms with Crippen molar-refractivity contribution in [2.45, 2.75) is 105 Å². The molecule has 37 heavy (non-hydrogen) atoms. The van der Waals surface area contributed by atoms with Crippen molar-refractivity contribution in [3.05, 3.63) is 0 Å². The quantitative estimate of drug-likeness (QED) is 0.122. The van der Waals surface area contributed by atoms with Crippen LogP contribution in [0.25, 0.3) is 0 Å². The van der Waals surface area contributed by atoms with Crippen LogP contribution in [-0.4, -0.2) is 149 Å². The molecular weight excluding hydrogens is 496 g/mol. The Balaban J connectivity index is 1.84. The van der Waals surface area contributed by atoms with E-state index < -0.39 is 92.2 Å². The van der Waals surface area contributed by atoms with Gasteiger partial charge < -0.3 is 83.6 Å². The summed E-state index contributed by atoms with van der Waals surface area (Å²) in [5.41, 5.74) is 29.5. The number of hydrogen-bond donors (Lipinski definition) is 12. The minimum atomic E-state index is -1.55. The van der Waals surface area contributed by atoms with Crippen LogP contribution in [0.2, 0.25) is 0 Å². The van der Waals surface area contributed by atoms with E-state index in [0.717, 1.165) is 0 Å². The van der Waals surface area contributed by atoms with Crippen molar-refractivity contribution in [2.75, 3.05) is 26.2 Å². The van der Waals surface area contributed by atoms with Crippen LogP contribution in [0, 0.1) is 0 Å². The summed E-state index contributed by atoms with van der Waals surface area (Å²) in [6, 6.07) is -4.01. The van der Waals surface area contributed by atoms with E-state index in [-0.39, 0.29) is 25.7 Å². The number of ether oxygens (including phenoxy) is 4. The highest BCUT2D eigenvalue weighted by Gasteiger charge is 2.54. The summed E-state index contributed by atoms with van der Waals surface area (Å²) in [4.78, 5) is 0. The Bertz CT molecular complexity index is 700. The molecule has 1 saturated carbocycles. The summed E-state index contributed by atoms with van der Waals surface area (Å²) in [7, 11) is 0. The number of nitrogens with one attached hydrogen (secondary N) is 1. The molecule has 15 atom stereocenters. The second-order valence-corrected chi connectivity index (χ2v) is 9.97. The van der Waals surface area contributed by atoms with Gasteiger partial charge in [0.05, 0.1) is 49.1 Å².